The average molecular weight is 517 g/mol. The maximum Gasteiger partial charge on any atom is 0.233 e. The molecule has 1 aliphatic heterocycles. The van der Waals surface area contributed by atoms with Crippen LogP contribution in [0.3, 0.4) is 0 Å². The monoisotopic (exact) mass is 517 g/mol. The first-order valence-corrected chi connectivity index (χ1v) is 10.8. The lowest BCUT2D eigenvalue weighted by Crippen LogP contribution is -2.44. The molecule has 3 aliphatic rings. The third-order valence-corrected chi connectivity index (χ3v) is 6.18. The van der Waals surface area contributed by atoms with Gasteiger partial charge in [0.25, 0.3) is 0 Å². The predicted molar refractivity (Wildman–Crippen MR) is 126 cm³/mol. The summed E-state index contributed by atoms with van der Waals surface area (Å²) in [7, 11) is 2.12. The molecule has 4 unspecified atom stereocenters. The van der Waals surface area contributed by atoms with E-state index in [1.165, 1.54) is 17.7 Å². The van der Waals surface area contributed by atoms with Crippen LogP contribution in [-0.2, 0) is 9.59 Å². The van der Waals surface area contributed by atoms with Gasteiger partial charge in [-0.25, -0.2) is 0 Å². The van der Waals surface area contributed by atoms with E-state index in [9.17, 15) is 9.59 Å². The van der Waals surface area contributed by atoms with Crippen molar-refractivity contribution in [1.82, 2.24) is 20.4 Å². The number of carbonyl (C=O) groups is 2. The number of nitrogens with zero attached hydrogens (tertiary/aromatic N) is 3. The maximum atomic E-state index is 12.7. The highest BCUT2D eigenvalue weighted by molar-refractivity contribution is 14.0. The molecule has 0 radical (unpaired) electrons. The molecule has 164 valence electrons. The van der Waals surface area contributed by atoms with Gasteiger partial charge < -0.3 is 15.5 Å². The Balaban J connectivity index is 0.00000300. The molecular weight excluding hydrogens is 481 g/mol. The quantitative estimate of drug-likeness (QED) is 0.152. The molecule has 0 aromatic heterocycles. The molecule has 0 aromatic carbocycles. The highest BCUT2D eigenvalue weighted by Gasteiger charge is 2.58. The maximum absolute atomic E-state index is 12.7. The van der Waals surface area contributed by atoms with E-state index in [-0.39, 0.29) is 59.5 Å². The number of hydrogen-bond acceptors (Lipinski definition) is 4. The summed E-state index contributed by atoms with van der Waals surface area (Å²) in [5.41, 5.74) is 0. The molecule has 2 bridgehead atoms. The van der Waals surface area contributed by atoms with Gasteiger partial charge in [0.05, 0.1) is 18.4 Å². The van der Waals surface area contributed by atoms with Crippen LogP contribution in [0.2, 0.25) is 0 Å². The van der Waals surface area contributed by atoms with Gasteiger partial charge in [-0.2, -0.15) is 0 Å². The standard InChI is InChI=1S/C21H35N5O2.HI/c1-4-6-11-25(3)12-9-23-21(22-5-2)24-10-13-26-19(27)17-15-7-8-16(14-15)18(17)20(26)28;/h7-8,15-18H,4-6,9-14H2,1-3H3,(H2,22,23,24);1H. The predicted octanol–water partition coefficient (Wildman–Crippen LogP) is 1.70. The number of unbranched alkanes of at least 4 members (excludes halogenated alkanes) is 1. The lowest BCUT2D eigenvalue weighted by atomic mass is 9.85. The number of imide groups is 1. The Labute approximate surface area is 191 Å². The zero-order valence-corrected chi connectivity index (χ0v) is 20.2. The van der Waals surface area contributed by atoms with Crippen LogP contribution in [0.25, 0.3) is 0 Å². The summed E-state index contributed by atoms with van der Waals surface area (Å²) in [5.74, 6) is 1.11. The van der Waals surface area contributed by atoms with Crippen molar-refractivity contribution in [1.29, 1.82) is 0 Å². The first kappa shape index (κ1) is 24.1. The highest BCUT2D eigenvalue weighted by Crippen LogP contribution is 2.52. The van der Waals surface area contributed by atoms with Crippen LogP contribution >= 0.6 is 24.0 Å². The number of likely N-dealkylation sites (N-methyl/N-ethyl adjacent to an activating group) is 1. The SMILES string of the molecule is CCCCN(C)CCN=C(NCC)NCCN1C(=O)C2C3C=CC(C3)C2C1=O.I. The molecule has 4 atom stereocenters. The van der Waals surface area contributed by atoms with Crippen molar-refractivity contribution in [3.63, 3.8) is 0 Å². The molecule has 1 saturated heterocycles. The number of aliphatic imine (C=N–C) groups is 1. The number of allylic oxidation sites excluding steroid dienone is 2. The van der Waals surface area contributed by atoms with Crippen LogP contribution < -0.4 is 10.6 Å². The van der Waals surface area contributed by atoms with Crippen LogP contribution in [0, 0.1) is 23.7 Å². The number of amides is 2. The molecule has 29 heavy (non-hydrogen) atoms. The number of fused-ring (bicyclic) bond motifs is 5. The van der Waals surface area contributed by atoms with Gasteiger partial charge in [-0.3, -0.25) is 19.5 Å². The van der Waals surface area contributed by atoms with Crippen molar-refractivity contribution in [2.45, 2.75) is 33.1 Å². The largest absolute Gasteiger partial charge is 0.357 e. The zero-order chi connectivity index (χ0) is 20.1. The molecule has 7 nitrogen and oxygen atoms in total. The minimum absolute atomic E-state index is 0. The smallest absolute Gasteiger partial charge is 0.233 e. The van der Waals surface area contributed by atoms with Crippen LogP contribution in [0.1, 0.15) is 33.1 Å². The summed E-state index contributed by atoms with van der Waals surface area (Å²) in [6, 6.07) is 0. The number of nitrogens with one attached hydrogen (secondary N) is 2. The number of guanidine groups is 1. The zero-order valence-electron chi connectivity index (χ0n) is 17.9. The summed E-state index contributed by atoms with van der Waals surface area (Å²) in [5, 5.41) is 6.50. The van der Waals surface area contributed by atoms with Crippen molar-refractivity contribution >= 4 is 41.8 Å². The molecule has 0 spiro atoms. The van der Waals surface area contributed by atoms with Gasteiger partial charge in [0.15, 0.2) is 5.96 Å². The van der Waals surface area contributed by atoms with E-state index >= 15 is 0 Å². The number of hydrogen-bond donors (Lipinski definition) is 2. The molecule has 1 saturated carbocycles. The molecule has 0 aromatic rings. The Hall–Kier alpha value is -1.16. The van der Waals surface area contributed by atoms with Crippen molar-refractivity contribution in [3.05, 3.63) is 12.2 Å². The number of carbonyl (C=O) groups excluding carboxylic acids is 2. The van der Waals surface area contributed by atoms with Crippen molar-refractivity contribution in [3.8, 4) is 0 Å². The van der Waals surface area contributed by atoms with Gasteiger partial charge in [0, 0.05) is 26.2 Å². The van der Waals surface area contributed by atoms with Gasteiger partial charge >= 0.3 is 0 Å². The van der Waals surface area contributed by atoms with E-state index in [0.29, 0.717) is 13.1 Å². The molecule has 2 N–H and O–H groups in total. The van der Waals surface area contributed by atoms with Gasteiger partial charge in [-0.05, 0) is 45.2 Å². The minimum Gasteiger partial charge on any atom is -0.357 e. The second-order valence-electron chi connectivity index (χ2n) is 8.17. The normalized spacial score (nSPS) is 27.6. The van der Waals surface area contributed by atoms with E-state index in [1.54, 1.807) is 0 Å². The van der Waals surface area contributed by atoms with Gasteiger partial charge in [-0.1, -0.05) is 25.5 Å². The molecular formula is C21H36IN5O2. The fraction of sp³-hybridized carbons (Fsp3) is 0.762. The minimum atomic E-state index is -0.108. The second kappa shape index (κ2) is 11.3. The Kier molecular flexibility index (Phi) is 9.39. The van der Waals surface area contributed by atoms with Crippen LogP contribution in [0.15, 0.2) is 17.1 Å². The fourth-order valence-corrected chi connectivity index (χ4v) is 4.68. The summed E-state index contributed by atoms with van der Waals surface area (Å²) in [6.07, 6.45) is 7.64. The van der Waals surface area contributed by atoms with Crippen molar-refractivity contribution in [2.24, 2.45) is 28.7 Å². The Morgan fingerprint density at radius 3 is 2.38 bits per heavy atom. The van der Waals surface area contributed by atoms with E-state index in [0.717, 1.165) is 38.6 Å². The molecule has 2 aliphatic carbocycles. The molecule has 8 heteroatoms. The van der Waals surface area contributed by atoms with Gasteiger partial charge in [0.1, 0.15) is 0 Å². The molecule has 3 rings (SSSR count). The Morgan fingerprint density at radius 2 is 1.79 bits per heavy atom. The number of rotatable bonds is 10. The first-order valence-electron chi connectivity index (χ1n) is 10.8. The summed E-state index contributed by atoms with van der Waals surface area (Å²) in [4.78, 5) is 33.8. The molecule has 2 amide bonds. The lowest BCUT2D eigenvalue weighted by molar-refractivity contribution is -0.140. The molecule has 1 heterocycles. The Bertz CT molecular complexity index is 609. The number of halogens is 1. The van der Waals surface area contributed by atoms with Crippen LogP contribution in [0.5, 0.6) is 0 Å². The summed E-state index contributed by atoms with van der Waals surface area (Å²) in [6.45, 7) is 8.66. The third-order valence-electron chi connectivity index (χ3n) is 6.18. The van der Waals surface area contributed by atoms with E-state index in [2.05, 4.69) is 46.6 Å². The van der Waals surface area contributed by atoms with E-state index in [4.69, 9.17) is 0 Å². The van der Waals surface area contributed by atoms with Crippen LogP contribution in [-0.4, -0.2) is 73.9 Å². The van der Waals surface area contributed by atoms with Crippen molar-refractivity contribution < 1.29 is 9.59 Å². The van der Waals surface area contributed by atoms with E-state index < -0.39 is 0 Å². The van der Waals surface area contributed by atoms with Gasteiger partial charge in [-0.15, -0.1) is 24.0 Å². The first-order chi connectivity index (χ1) is 13.6. The topological polar surface area (TPSA) is 77.0 Å². The number of likely N-dealkylation sites (tertiary alicyclic amines) is 1. The van der Waals surface area contributed by atoms with E-state index in [1.807, 2.05) is 6.92 Å². The highest BCUT2D eigenvalue weighted by atomic mass is 127. The van der Waals surface area contributed by atoms with Gasteiger partial charge in [0.2, 0.25) is 11.8 Å². The van der Waals surface area contributed by atoms with Crippen LogP contribution in [0.4, 0.5) is 0 Å². The summed E-state index contributed by atoms with van der Waals surface area (Å²) < 4.78 is 0. The summed E-state index contributed by atoms with van der Waals surface area (Å²) >= 11 is 0. The Morgan fingerprint density at radius 1 is 1.14 bits per heavy atom. The lowest BCUT2D eigenvalue weighted by Gasteiger charge is -2.19. The fourth-order valence-electron chi connectivity index (χ4n) is 4.68. The van der Waals surface area contributed by atoms with Crippen molar-refractivity contribution in [2.75, 3.05) is 46.3 Å². The molecule has 2 fully saturated rings. The third kappa shape index (κ3) is 5.51. The average Bonchev–Trinajstić information content (AvgIpc) is 3.35. The second-order valence-corrected chi connectivity index (χ2v) is 8.17.